The van der Waals surface area contributed by atoms with Gasteiger partial charge in [-0.05, 0) is 48.4 Å². The van der Waals surface area contributed by atoms with Crippen LogP contribution in [0.5, 0.6) is 0 Å². The van der Waals surface area contributed by atoms with Gasteiger partial charge in [-0.1, -0.05) is 48.5 Å². The van der Waals surface area contributed by atoms with Gasteiger partial charge in [0.25, 0.3) is 0 Å². The highest BCUT2D eigenvalue weighted by Crippen LogP contribution is 2.20. The maximum atomic E-state index is 6.96. The molecule has 0 heterocycles. The van der Waals surface area contributed by atoms with Gasteiger partial charge in [0.15, 0.2) is 0 Å². The van der Waals surface area contributed by atoms with Crippen LogP contribution in [0.2, 0.25) is 0 Å². The van der Waals surface area contributed by atoms with E-state index in [2.05, 4.69) is 24.3 Å². The highest BCUT2D eigenvalue weighted by atomic mass is 14.3. The van der Waals surface area contributed by atoms with Crippen LogP contribution in [0.15, 0.2) is 48.5 Å². The van der Waals surface area contributed by atoms with Gasteiger partial charge in [-0.2, -0.15) is 0 Å². The van der Waals surface area contributed by atoms with Crippen LogP contribution in [-0.2, 0) is 12.8 Å². The summed E-state index contributed by atoms with van der Waals surface area (Å²) in [4.78, 5) is 0. The van der Waals surface area contributed by atoms with E-state index in [0.29, 0.717) is 0 Å². The molecule has 1 nitrogen and oxygen atoms in total. The first kappa shape index (κ1) is 12.6. The molecular weight excluding hydrogens is 218 g/mol. The summed E-state index contributed by atoms with van der Waals surface area (Å²) in [7, 11) is 0. The minimum atomic E-state index is 0.998. The molecule has 0 atom stereocenters. The van der Waals surface area contributed by atoms with Crippen molar-refractivity contribution in [2.45, 2.75) is 26.2 Å². The lowest BCUT2D eigenvalue weighted by molar-refractivity contribution is 0.912. The molecule has 0 aromatic heterocycles. The first-order valence-corrected chi connectivity index (χ1v) is 6.44. The predicted molar refractivity (Wildman–Crippen MR) is 77.5 cm³/mol. The van der Waals surface area contributed by atoms with E-state index in [9.17, 15) is 0 Å². The van der Waals surface area contributed by atoms with Gasteiger partial charge < -0.3 is 5.41 Å². The summed E-state index contributed by atoms with van der Waals surface area (Å²) in [6, 6.07) is 16.6. The SMILES string of the molecule is Cc1ccccc1C=N.c1ccc2c(c1)CCC2. The molecule has 1 N–H and O–H groups in total. The number of benzene rings is 2. The quantitative estimate of drug-likeness (QED) is 0.720. The maximum absolute atomic E-state index is 6.96. The molecule has 0 saturated carbocycles. The largest absolute Gasteiger partial charge is 0.308 e. The first-order chi connectivity index (χ1) is 8.81. The normalized spacial score (nSPS) is 12.3. The Morgan fingerprint density at radius 3 is 1.94 bits per heavy atom. The fourth-order valence-corrected chi connectivity index (χ4v) is 2.26. The lowest BCUT2D eigenvalue weighted by Crippen LogP contribution is -1.82. The second-order valence-electron chi connectivity index (χ2n) is 4.62. The summed E-state index contributed by atoms with van der Waals surface area (Å²) in [6.45, 7) is 2.00. The Morgan fingerprint density at radius 1 is 0.889 bits per heavy atom. The molecule has 2 aromatic carbocycles. The van der Waals surface area contributed by atoms with E-state index in [-0.39, 0.29) is 0 Å². The molecule has 92 valence electrons. The van der Waals surface area contributed by atoms with Gasteiger partial charge in [0.1, 0.15) is 0 Å². The summed E-state index contributed by atoms with van der Waals surface area (Å²) >= 11 is 0. The van der Waals surface area contributed by atoms with E-state index >= 15 is 0 Å². The molecule has 18 heavy (non-hydrogen) atoms. The lowest BCUT2D eigenvalue weighted by atomic mass is 10.1. The van der Waals surface area contributed by atoms with Crippen LogP contribution in [0.1, 0.15) is 28.7 Å². The molecule has 0 amide bonds. The Bertz CT molecular complexity index is 506. The number of fused-ring (bicyclic) bond motifs is 1. The number of aryl methyl sites for hydroxylation is 3. The van der Waals surface area contributed by atoms with E-state index in [1.54, 1.807) is 11.1 Å². The minimum Gasteiger partial charge on any atom is -0.308 e. The van der Waals surface area contributed by atoms with Crippen molar-refractivity contribution in [1.82, 2.24) is 0 Å². The molecule has 0 fully saturated rings. The molecule has 0 radical (unpaired) electrons. The summed E-state index contributed by atoms with van der Waals surface area (Å²) < 4.78 is 0. The van der Waals surface area contributed by atoms with Gasteiger partial charge in [0.05, 0.1) is 0 Å². The Balaban J connectivity index is 0.000000134. The summed E-state index contributed by atoms with van der Waals surface area (Å²) in [5.41, 5.74) is 5.29. The van der Waals surface area contributed by atoms with Crippen molar-refractivity contribution in [1.29, 1.82) is 5.41 Å². The number of nitrogens with one attached hydrogen (secondary N) is 1. The number of rotatable bonds is 1. The highest BCUT2D eigenvalue weighted by Gasteiger charge is 2.07. The average Bonchev–Trinajstić information content (AvgIpc) is 2.88. The van der Waals surface area contributed by atoms with Crippen molar-refractivity contribution in [2.24, 2.45) is 0 Å². The zero-order chi connectivity index (χ0) is 12.8. The van der Waals surface area contributed by atoms with Gasteiger partial charge in [0, 0.05) is 6.21 Å². The molecule has 0 unspecified atom stereocenters. The molecular formula is C17H19N. The van der Waals surface area contributed by atoms with Crippen LogP contribution >= 0.6 is 0 Å². The summed E-state index contributed by atoms with van der Waals surface area (Å²) in [5, 5.41) is 6.96. The van der Waals surface area contributed by atoms with Crippen molar-refractivity contribution in [3.63, 3.8) is 0 Å². The van der Waals surface area contributed by atoms with E-state index in [1.165, 1.54) is 25.5 Å². The molecule has 1 heteroatoms. The van der Waals surface area contributed by atoms with Crippen molar-refractivity contribution in [3.8, 4) is 0 Å². The maximum Gasteiger partial charge on any atom is 0.0252 e. The van der Waals surface area contributed by atoms with Crippen LogP contribution in [0.25, 0.3) is 0 Å². The fourth-order valence-electron chi connectivity index (χ4n) is 2.26. The average molecular weight is 237 g/mol. The second-order valence-corrected chi connectivity index (χ2v) is 4.62. The van der Waals surface area contributed by atoms with Crippen molar-refractivity contribution in [2.75, 3.05) is 0 Å². The number of hydrogen-bond acceptors (Lipinski definition) is 1. The third kappa shape index (κ3) is 3.07. The molecule has 3 rings (SSSR count). The number of hydrogen-bond donors (Lipinski definition) is 1. The van der Waals surface area contributed by atoms with Crippen LogP contribution in [0.4, 0.5) is 0 Å². The smallest absolute Gasteiger partial charge is 0.0252 e. The third-order valence-corrected chi connectivity index (χ3v) is 3.35. The highest BCUT2D eigenvalue weighted by molar-refractivity contribution is 5.78. The first-order valence-electron chi connectivity index (χ1n) is 6.44. The van der Waals surface area contributed by atoms with E-state index in [4.69, 9.17) is 5.41 Å². The van der Waals surface area contributed by atoms with E-state index in [0.717, 1.165) is 11.1 Å². The molecule has 1 aliphatic carbocycles. The van der Waals surface area contributed by atoms with Crippen LogP contribution in [0.3, 0.4) is 0 Å². The third-order valence-electron chi connectivity index (χ3n) is 3.35. The summed E-state index contributed by atoms with van der Waals surface area (Å²) in [5.74, 6) is 0. The van der Waals surface area contributed by atoms with Crippen LogP contribution < -0.4 is 0 Å². The minimum absolute atomic E-state index is 0.998. The Hall–Kier alpha value is -1.89. The summed E-state index contributed by atoms with van der Waals surface area (Å²) in [6.07, 6.45) is 5.33. The lowest BCUT2D eigenvalue weighted by Gasteiger charge is -1.94. The van der Waals surface area contributed by atoms with Gasteiger partial charge in [0.2, 0.25) is 0 Å². The van der Waals surface area contributed by atoms with Crippen molar-refractivity contribution >= 4 is 6.21 Å². The van der Waals surface area contributed by atoms with Crippen molar-refractivity contribution in [3.05, 3.63) is 70.8 Å². The Kier molecular flexibility index (Phi) is 4.30. The second kappa shape index (κ2) is 6.15. The van der Waals surface area contributed by atoms with Crippen LogP contribution in [-0.4, -0.2) is 6.21 Å². The van der Waals surface area contributed by atoms with Gasteiger partial charge in [-0.3, -0.25) is 0 Å². The Labute approximate surface area is 109 Å². The van der Waals surface area contributed by atoms with E-state index < -0.39 is 0 Å². The molecule has 0 spiro atoms. The molecule has 1 aliphatic rings. The van der Waals surface area contributed by atoms with Gasteiger partial charge >= 0.3 is 0 Å². The molecule has 2 aromatic rings. The monoisotopic (exact) mass is 237 g/mol. The predicted octanol–water partition coefficient (Wildman–Crippen LogP) is 4.17. The Morgan fingerprint density at radius 2 is 1.44 bits per heavy atom. The zero-order valence-electron chi connectivity index (χ0n) is 10.8. The van der Waals surface area contributed by atoms with Crippen LogP contribution in [0, 0.1) is 12.3 Å². The molecule has 0 bridgehead atoms. The zero-order valence-corrected chi connectivity index (χ0v) is 10.8. The topological polar surface area (TPSA) is 23.9 Å². The van der Waals surface area contributed by atoms with Crippen molar-refractivity contribution < 1.29 is 0 Å². The molecule has 0 aliphatic heterocycles. The standard InChI is InChI=1S/C9H10.C8H9N/c1-2-5-9-7-3-6-8(9)4-1;1-7-4-2-3-5-8(7)6-9/h1-2,4-5H,3,6-7H2;2-6,9H,1H3. The fraction of sp³-hybridized carbons (Fsp3) is 0.235. The molecule has 0 saturated heterocycles. The van der Waals surface area contributed by atoms with Gasteiger partial charge in [-0.15, -0.1) is 0 Å². The van der Waals surface area contributed by atoms with Gasteiger partial charge in [-0.25, -0.2) is 0 Å². The van der Waals surface area contributed by atoms with E-state index in [1.807, 2.05) is 31.2 Å².